The Bertz CT molecular complexity index is 394. The lowest BCUT2D eigenvalue weighted by Crippen LogP contribution is -2.22. The van der Waals surface area contributed by atoms with Gasteiger partial charge in [-0.15, -0.1) is 0 Å². The molecule has 1 atom stereocenters. The maximum absolute atomic E-state index is 10.8. The van der Waals surface area contributed by atoms with E-state index in [4.69, 9.17) is 5.11 Å². The van der Waals surface area contributed by atoms with Crippen LogP contribution in [0.4, 0.5) is 0 Å². The molecule has 1 aliphatic heterocycles. The third-order valence-corrected chi connectivity index (χ3v) is 3.75. The van der Waals surface area contributed by atoms with Gasteiger partial charge in [-0.25, -0.2) is 0 Å². The number of aliphatic carboxylic acids is 1. The molecule has 0 bridgehead atoms. The Labute approximate surface area is 103 Å². The van der Waals surface area contributed by atoms with Crippen LogP contribution in [0, 0.1) is 5.92 Å². The van der Waals surface area contributed by atoms with E-state index in [1.165, 1.54) is 5.56 Å². The smallest absolute Gasteiger partial charge is 0.307 e. The highest BCUT2D eigenvalue weighted by molar-refractivity contribution is 9.10. The van der Waals surface area contributed by atoms with Crippen LogP contribution in [-0.4, -0.2) is 29.1 Å². The van der Waals surface area contributed by atoms with Gasteiger partial charge in [0, 0.05) is 17.6 Å². The lowest BCUT2D eigenvalue weighted by Gasteiger charge is -2.16. The number of carboxylic acid groups (broad SMARTS) is 1. The van der Waals surface area contributed by atoms with Gasteiger partial charge in [-0.05, 0) is 24.6 Å². The number of hydrogen-bond donors (Lipinski definition) is 1. The van der Waals surface area contributed by atoms with Crippen LogP contribution in [0.3, 0.4) is 0 Å². The van der Waals surface area contributed by atoms with Crippen molar-refractivity contribution in [3.63, 3.8) is 0 Å². The quantitative estimate of drug-likeness (QED) is 0.926. The van der Waals surface area contributed by atoms with Gasteiger partial charge in [0.25, 0.3) is 0 Å². The van der Waals surface area contributed by atoms with E-state index in [2.05, 4.69) is 26.9 Å². The maximum Gasteiger partial charge on any atom is 0.307 e. The van der Waals surface area contributed by atoms with Gasteiger partial charge in [-0.2, -0.15) is 0 Å². The third kappa shape index (κ3) is 2.62. The molecule has 1 saturated heterocycles. The first-order chi connectivity index (χ1) is 7.66. The summed E-state index contributed by atoms with van der Waals surface area (Å²) in [6.07, 6.45) is 0.764. The second-order valence-corrected chi connectivity index (χ2v) is 5.00. The molecule has 0 spiro atoms. The van der Waals surface area contributed by atoms with Crippen LogP contribution in [0.1, 0.15) is 12.0 Å². The summed E-state index contributed by atoms with van der Waals surface area (Å²) in [5.41, 5.74) is 1.22. The van der Waals surface area contributed by atoms with Crippen LogP contribution >= 0.6 is 15.9 Å². The number of rotatable bonds is 3. The molecule has 0 unspecified atom stereocenters. The van der Waals surface area contributed by atoms with Gasteiger partial charge < -0.3 is 5.11 Å². The minimum absolute atomic E-state index is 0.192. The summed E-state index contributed by atoms with van der Waals surface area (Å²) in [5.74, 6) is -0.864. The monoisotopic (exact) mass is 283 g/mol. The molecule has 0 amide bonds. The molecule has 0 aromatic heterocycles. The van der Waals surface area contributed by atoms with Gasteiger partial charge in [0.2, 0.25) is 0 Å². The first-order valence-corrected chi connectivity index (χ1v) is 6.14. The molecule has 1 N–H and O–H groups in total. The number of halogens is 1. The van der Waals surface area contributed by atoms with Crippen LogP contribution in [0.2, 0.25) is 0 Å². The highest BCUT2D eigenvalue weighted by Crippen LogP contribution is 2.22. The van der Waals surface area contributed by atoms with Crippen LogP contribution < -0.4 is 0 Å². The van der Waals surface area contributed by atoms with Gasteiger partial charge in [0.1, 0.15) is 0 Å². The molecule has 0 saturated carbocycles. The number of hydrogen-bond acceptors (Lipinski definition) is 2. The predicted octanol–water partition coefficient (Wildman–Crippen LogP) is 2.36. The molecule has 1 aromatic rings. The molecule has 1 heterocycles. The normalized spacial score (nSPS) is 21.2. The van der Waals surface area contributed by atoms with E-state index >= 15 is 0 Å². The van der Waals surface area contributed by atoms with E-state index < -0.39 is 5.97 Å². The lowest BCUT2D eigenvalue weighted by molar-refractivity contribution is -0.141. The Kier molecular flexibility index (Phi) is 3.61. The van der Waals surface area contributed by atoms with E-state index in [0.29, 0.717) is 6.54 Å². The maximum atomic E-state index is 10.8. The summed E-state index contributed by atoms with van der Waals surface area (Å²) < 4.78 is 1.09. The second-order valence-electron chi connectivity index (χ2n) is 4.15. The van der Waals surface area contributed by atoms with Crippen LogP contribution in [0.5, 0.6) is 0 Å². The van der Waals surface area contributed by atoms with Crippen molar-refractivity contribution in [3.8, 4) is 0 Å². The molecule has 4 heteroatoms. The fourth-order valence-corrected chi connectivity index (χ4v) is 2.46. The third-order valence-electron chi connectivity index (χ3n) is 2.97. The molecule has 16 heavy (non-hydrogen) atoms. The van der Waals surface area contributed by atoms with E-state index in [1.54, 1.807) is 0 Å². The van der Waals surface area contributed by atoms with Gasteiger partial charge in [-0.1, -0.05) is 34.1 Å². The van der Waals surface area contributed by atoms with Crippen LogP contribution in [0.25, 0.3) is 0 Å². The van der Waals surface area contributed by atoms with E-state index in [-0.39, 0.29) is 5.92 Å². The minimum Gasteiger partial charge on any atom is -0.481 e. The molecule has 1 aliphatic rings. The molecular formula is C12H14BrNO2. The second kappa shape index (κ2) is 4.97. The SMILES string of the molecule is O=C(O)[C@H]1CCN(Cc2ccccc2Br)C1. The van der Waals surface area contributed by atoms with Gasteiger partial charge >= 0.3 is 5.97 Å². The highest BCUT2D eigenvalue weighted by atomic mass is 79.9. The molecule has 0 aliphatic carbocycles. The summed E-state index contributed by atoms with van der Waals surface area (Å²) in [5, 5.41) is 8.92. The summed E-state index contributed by atoms with van der Waals surface area (Å²) in [4.78, 5) is 13.0. The number of likely N-dealkylation sites (tertiary alicyclic amines) is 1. The summed E-state index contributed by atoms with van der Waals surface area (Å²) >= 11 is 3.50. The largest absolute Gasteiger partial charge is 0.481 e. The van der Waals surface area contributed by atoms with Crippen molar-refractivity contribution in [2.75, 3.05) is 13.1 Å². The molecule has 3 nitrogen and oxygen atoms in total. The summed E-state index contributed by atoms with van der Waals surface area (Å²) in [6, 6.07) is 8.07. The fourth-order valence-electron chi connectivity index (χ4n) is 2.05. The summed E-state index contributed by atoms with van der Waals surface area (Å²) in [7, 11) is 0. The number of carboxylic acids is 1. The van der Waals surface area contributed by atoms with Crippen molar-refractivity contribution < 1.29 is 9.90 Å². The average Bonchev–Trinajstić information content (AvgIpc) is 2.70. The molecule has 86 valence electrons. The molecular weight excluding hydrogens is 270 g/mol. The van der Waals surface area contributed by atoms with Crippen LogP contribution in [0.15, 0.2) is 28.7 Å². The average molecular weight is 284 g/mol. The van der Waals surface area contributed by atoms with Crippen molar-refractivity contribution in [2.24, 2.45) is 5.92 Å². The Balaban J connectivity index is 1.97. The molecule has 0 radical (unpaired) electrons. The molecule has 1 aromatic carbocycles. The van der Waals surface area contributed by atoms with Crippen molar-refractivity contribution >= 4 is 21.9 Å². The Morgan fingerprint density at radius 3 is 2.88 bits per heavy atom. The van der Waals surface area contributed by atoms with Crippen molar-refractivity contribution in [1.29, 1.82) is 0 Å². The van der Waals surface area contributed by atoms with Crippen molar-refractivity contribution in [3.05, 3.63) is 34.3 Å². The molecule has 2 rings (SSSR count). The van der Waals surface area contributed by atoms with Crippen molar-refractivity contribution in [1.82, 2.24) is 4.90 Å². The zero-order chi connectivity index (χ0) is 11.5. The first kappa shape index (κ1) is 11.6. The number of benzene rings is 1. The molecule has 1 fully saturated rings. The Morgan fingerprint density at radius 2 is 2.25 bits per heavy atom. The fraction of sp³-hybridized carbons (Fsp3) is 0.417. The zero-order valence-corrected chi connectivity index (χ0v) is 10.5. The standard InChI is InChI=1S/C12H14BrNO2/c13-11-4-2-1-3-9(11)7-14-6-5-10(8-14)12(15)16/h1-4,10H,5-8H2,(H,15,16)/t10-/m0/s1. The minimum atomic E-state index is -0.672. The van der Waals surface area contributed by atoms with Crippen LogP contribution in [-0.2, 0) is 11.3 Å². The van der Waals surface area contributed by atoms with Gasteiger partial charge in [0.15, 0.2) is 0 Å². The van der Waals surface area contributed by atoms with E-state index in [9.17, 15) is 4.79 Å². The number of carbonyl (C=O) groups is 1. The predicted molar refractivity (Wildman–Crippen MR) is 65.2 cm³/mol. The zero-order valence-electron chi connectivity index (χ0n) is 8.90. The lowest BCUT2D eigenvalue weighted by atomic mass is 10.1. The Hall–Kier alpha value is -0.870. The van der Waals surface area contributed by atoms with E-state index in [1.807, 2.05) is 18.2 Å². The highest BCUT2D eigenvalue weighted by Gasteiger charge is 2.27. The first-order valence-electron chi connectivity index (χ1n) is 5.35. The van der Waals surface area contributed by atoms with Gasteiger partial charge in [-0.3, -0.25) is 9.69 Å². The van der Waals surface area contributed by atoms with Crippen molar-refractivity contribution in [2.45, 2.75) is 13.0 Å². The Morgan fingerprint density at radius 1 is 1.50 bits per heavy atom. The van der Waals surface area contributed by atoms with E-state index in [0.717, 1.165) is 24.0 Å². The van der Waals surface area contributed by atoms with Gasteiger partial charge in [0.05, 0.1) is 5.92 Å². The number of nitrogens with zero attached hydrogens (tertiary/aromatic N) is 1. The summed E-state index contributed by atoms with van der Waals surface area (Å²) in [6.45, 7) is 2.36. The topological polar surface area (TPSA) is 40.5 Å².